The molecule has 5 atom stereocenters. The second kappa shape index (κ2) is 23.2. The van der Waals surface area contributed by atoms with E-state index in [4.69, 9.17) is 9.47 Å². The van der Waals surface area contributed by atoms with Crippen LogP contribution in [0.25, 0.3) is 0 Å². The summed E-state index contributed by atoms with van der Waals surface area (Å²) in [5.41, 5.74) is 0. The SMILES string of the molecule is CCCCCCCC/C=C\CCCCCCCCO[C@H]1O[C@H](CO)[C@@H](O)[C@H](OS(=O)(=O)[O-])[C@H]1NC(C)=O.[K+]. The first kappa shape index (κ1) is 38.6. The van der Waals surface area contributed by atoms with E-state index in [1.807, 2.05) is 0 Å². The molecule has 0 unspecified atom stereocenters. The van der Waals surface area contributed by atoms with Gasteiger partial charge >= 0.3 is 51.4 Å². The largest absolute Gasteiger partial charge is 1.00 e. The number of aliphatic hydroxyl groups is 2. The van der Waals surface area contributed by atoms with Crippen molar-refractivity contribution in [3.05, 3.63) is 12.2 Å². The Hall–Kier alpha value is 0.556. The third kappa shape index (κ3) is 18.1. The zero-order valence-electron chi connectivity index (χ0n) is 23.5. The number of hydrogen-bond donors (Lipinski definition) is 3. The van der Waals surface area contributed by atoms with Crippen LogP contribution in [0.15, 0.2) is 12.2 Å². The average molecular weight is 590 g/mol. The van der Waals surface area contributed by atoms with Gasteiger partial charge in [0.15, 0.2) is 6.29 Å². The minimum atomic E-state index is -5.19. The van der Waals surface area contributed by atoms with Crippen LogP contribution in [0.1, 0.15) is 104 Å². The smallest absolute Gasteiger partial charge is 0.726 e. The van der Waals surface area contributed by atoms with Gasteiger partial charge in [-0.15, -0.1) is 0 Å². The maximum Gasteiger partial charge on any atom is 1.00 e. The summed E-state index contributed by atoms with van der Waals surface area (Å²) in [5, 5.41) is 22.2. The van der Waals surface area contributed by atoms with E-state index in [2.05, 4.69) is 28.6 Å². The van der Waals surface area contributed by atoms with E-state index in [0.29, 0.717) is 6.42 Å². The van der Waals surface area contributed by atoms with E-state index < -0.39 is 53.6 Å². The first-order valence-corrected chi connectivity index (χ1v) is 15.1. The summed E-state index contributed by atoms with van der Waals surface area (Å²) in [6.07, 6.45) is 15.2. The van der Waals surface area contributed by atoms with Gasteiger partial charge in [0.05, 0.1) is 6.61 Å². The van der Waals surface area contributed by atoms with Crippen LogP contribution in [-0.4, -0.2) is 72.9 Å². The van der Waals surface area contributed by atoms with Crippen molar-refractivity contribution in [2.45, 2.75) is 134 Å². The van der Waals surface area contributed by atoms with Gasteiger partial charge in [-0.05, 0) is 32.1 Å². The Bertz CT molecular complexity index is 738. The van der Waals surface area contributed by atoms with Gasteiger partial charge in [0.2, 0.25) is 16.3 Å². The first-order valence-electron chi connectivity index (χ1n) is 13.8. The summed E-state index contributed by atoms with van der Waals surface area (Å²) in [7, 11) is -5.19. The molecule has 0 aromatic rings. The van der Waals surface area contributed by atoms with E-state index in [-0.39, 0.29) is 58.0 Å². The number of aliphatic hydroxyl groups excluding tert-OH is 2. The van der Waals surface area contributed by atoms with Gasteiger partial charge in [-0.3, -0.25) is 8.98 Å². The molecule has 38 heavy (non-hydrogen) atoms. The molecule has 0 aromatic heterocycles. The fourth-order valence-electron chi connectivity index (χ4n) is 4.40. The van der Waals surface area contributed by atoms with E-state index in [9.17, 15) is 28.0 Å². The Kier molecular flexibility index (Phi) is 23.5. The molecule has 0 saturated carbocycles. The molecule has 0 radical (unpaired) electrons. The molecule has 0 spiro atoms. The van der Waals surface area contributed by atoms with Gasteiger partial charge < -0.3 is 29.6 Å². The summed E-state index contributed by atoms with van der Waals surface area (Å²) in [4.78, 5) is 11.6. The van der Waals surface area contributed by atoms with Crippen LogP contribution in [-0.2, 0) is 28.9 Å². The van der Waals surface area contributed by atoms with Crippen LogP contribution in [0.3, 0.4) is 0 Å². The number of carbonyl (C=O) groups excluding carboxylic acids is 1. The van der Waals surface area contributed by atoms with Crippen molar-refractivity contribution in [3.63, 3.8) is 0 Å². The zero-order valence-corrected chi connectivity index (χ0v) is 27.5. The van der Waals surface area contributed by atoms with Crippen LogP contribution in [0, 0.1) is 0 Å². The Morgan fingerprint density at radius 1 is 0.974 bits per heavy atom. The van der Waals surface area contributed by atoms with Crippen molar-refractivity contribution in [2.75, 3.05) is 13.2 Å². The number of amides is 1. The third-order valence-corrected chi connectivity index (χ3v) is 6.85. The summed E-state index contributed by atoms with van der Waals surface area (Å²) in [6, 6.07) is -1.24. The Morgan fingerprint density at radius 3 is 2.00 bits per heavy atom. The van der Waals surface area contributed by atoms with E-state index in [1.165, 1.54) is 58.3 Å². The van der Waals surface area contributed by atoms with E-state index in [0.717, 1.165) is 32.1 Å². The Labute approximate surface area is 272 Å². The maximum absolute atomic E-state index is 11.6. The Balaban J connectivity index is 0.0000137. The molecule has 1 aliphatic rings. The summed E-state index contributed by atoms with van der Waals surface area (Å²) in [6.45, 7) is 3.03. The molecule has 1 amide bonds. The number of nitrogens with one attached hydrogen (secondary N) is 1. The molecule has 0 aromatic carbocycles. The number of allylic oxidation sites excluding steroid dienone is 2. The normalized spacial score (nSPS) is 23.9. The van der Waals surface area contributed by atoms with Crippen LogP contribution in [0.5, 0.6) is 0 Å². The third-order valence-electron chi connectivity index (χ3n) is 6.39. The number of carbonyl (C=O) groups is 1. The minimum absolute atomic E-state index is 0. The van der Waals surface area contributed by atoms with Gasteiger partial charge in [-0.1, -0.05) is 76.9 Å². The minimum Gasteiger partial charge on any atom is -0.726 e. The second-order valence-corrected chi connectivity index (χ2v) is 10.7. The van der Waals surface area contributed by atoms with Gasteiger partial charge in [-0.2, -0.15) is 0 Å². The van der Waals surface area contributed by atoms with Crippen molar-refractivity contribution in [2.24, 2.45) is 0 Å². The molecule has 10 nitrogen and oxygen atoms in total. The first-order chi connectivity index (χ1) is 17.7. The molecule has 1 heterocycles. The molecule has 12 heteroatoms. The van der Waals surface area contributed by atoms with Gasteiger partial charge in [0.25, 0.3) is 0 Å². The van der Waals surface area contributed by atoms with Crippen LogP contribution < -0.4 is 56.7 Å². The number of unbranched alkanes of at least 4 members (excludes halogenated alkanes) is 12. The summed E-state index contributed by atoms with van der Waals surface area (Å²) < 4.78 is 49.2. The van der Waals surface area contributed by atoms with Crippen molar-refractivity contribution < 1.29 is 93.0 Å². The van der Waals surface area contributed by atoms with Gasteiger partial charge in [-0.25, -0.2) is 8.42 Å². The number of rotatable bonds is 21. The van der Waals surface area contributed by atoms with Crippen LogP contribution >= 0.6 is 0 Å². The number of ether oxygens (including phenoxy) is 2. The fraction of sp³-hybridized carbons (Fsp3) is 0.885. The molecule has 1 saturated heterocycles. The standard InChI is InChI=1S/C26H49NO9S.K/c1-3-4-5-6-7-8-9-10-11-12-13-14-15-16-17-18-19-34-26-23(27-21(2)29)25(36-37(31,32)33)24(30)22(20-28)35-26;/h10-11,22-26,28,30H,3-9,12-20H2,1-2H3,(H,27,29)(H,31,32,33);/q;+1/p-1/b11-10-;/t22-,23-,24-,25-,26+;/m1./s1. The second-order valence-electron chi connectivity index (χ2n) is 9.72. The molecular weight excluding hydrogens is 541 g/mol. The zero-order chi connectivity index (χ0) is 27.5. The summed E-state index contributed by atoms with van der Waals surface area (Å²) >= 11 is 0. The average Bonchev–Trinajstić information content (AvgIpc) is 2.83. The van der Waals surface area contributed by atoms with E-state index in [1.54, 1.807) is 0 Å². The summed E-state index contributed by atoms with van der Waals surface area (Å²) in [5.74, 6) is -0.550. The van der Waals surface area contributed by atoms with Gasteiger partial charge in [0, 0.05) is 13.5 Å². The molecule has 1 fully saturated rings. The van der Waals surface area contributed by atoms with Crippen LogP contribution in [0.2, 0.25) is 0 Å². The number of hydrogen-bond acceptors (Lipinski definition) is 9. The topological polar surface area (TPSA) is 154 Å². The molecule has 1 aliphatic heterocycles. The molecule has 3 N–H and O–H groups in total. The monoisotopic (exact) mass is 589 g/mol. The molecule has 0 bridgehead atoms. The van der Waals surface area contributed by atoms with Crippen molar-refractivity contribution in [1.29, 1.82) is 0 Å². The molecule has 218 valence electrons. The van der Waals surface area contributed by atoms with Crippen molar-refractivity contribution in [3.8, 4) is 0 Å². The van der Waals surface area contributed by atoms with Crippen molar-refractivity contribution in [1.82, 2.24) is 5.32 Å². The predicted molar refractivity (Wildman–Crippen MR) is 139 cm³/mol. The quantitative estimate of drug-likeness (QED) is 0.0570. The molecule has 0 aliphatic carbocycles. The fourth-order valence-corrected chi connectivity index (χ4v) is 4.90. The van der Waals surface area contributed by atoms with E-state index >= 15 is 0 Å². The van der Waals surface area contributed by atoms with Crippen LogP contribution in [0.4, 0.5) is 0 Å². The molecular formula is C26H48KNO9S. The maximum atomic E-state index is 11.6. The Morgan fingerprint density at radius 2 is 1.50 bits per heavy atom. The van der Waals surface area contributed by atoms with Crippen molar-refractivity contribution >= 4 is 16.3 Å². The molecule has 1 rings (SSSR count). The van der Waals surface area contributed by atoms with Gasteiger partial charge in [0.1, 0.15) is 24.4 Å². The predicted octanol–water partition coefficient (Wildman–Crippen LogP) is 0.473.